The highest BCUT2D eigenvalue weighted by Crippen LogP contribution is 2.11. The predicted octanol–water partition coefficient (Wildman–Crippen LogP) is -0.536. The van der Waals surface area contributed by atoms with Crippen LogP contribution in [0.4, 0.5) is 0 Å². The molecule has 96 valence electrons. The third-order valence-electron chi connectivity index (χ3n) is 2.30. The molecule has 0 aliphatic heterocycles. The summed E-state index contributed by atoms with van der Waals surface area (Å²) >= 11 is 5.51. The maximum absolute atomic E-state index is 11.7. The molecule has 0 aliphatic rings. The standard InChI is InChI=1S/C10H14ClNO5/c11-3-7-1-2-8(17-7)9(16)12-10(4-13,5-14)6-15/h1-2,13-15H,3-6H2,(H,12,16). The van der Waals surface area contributed by atoms with Crippen molar-refractivity contribution < 1.29 is 24.5 Å². The normalized spacial score (nSPS) is 11.5. The largest absolute Gasteiger partial charge is 0.455 e. The van der Waals surface area contributed by atoms with Crippen LogP contribution in [0.2, 0.25) is 0 Å². The van der Waals surface area contributed by atoms with Gasteiger partial charge in [0, 0.05) is 0 Å². The molecule has 0 fully saturated rings. The monoisotopic (exact) mass is 263 g/mol. The summed E-state index contributed by atoms with van der Waals surface area (Å²) in [6, 6.07) is 2.96. The summed E-state index contributed by atoms with van der Waals surface area (Å²) in [6.45, 7) is -1.77. The smallest absolute Gasteiger partial charge is 0.287 e. The SMILES string of the molecule is O=C(NC(CO)(CO)CO)c1ccc(CCl)o1. The van der Waals surface area contributed by atoms with E-state index in [2.05, 4.69) is 5.32 Å². The van der Waals surface area contributed by atoms with Crippen molar-refractivity contribution in [1.29, 1.82) is 0 Å². The van der Waals surface area contributed by atoms with E-state index in [1.807, 2.05) is 0 Å². The maximum Gasteiger partial charge on any atom is 0.287 e. The first-order valence-corrected chi connectivity index (χ1v) is 5.44. The molecule has 1 amide bonds. The minimum Gasteiger partial charge on any atom is -0.455 e. The van der Waals surface area contributed by atoms with Crippen molar-refractivity contribution in [3.05, 3.63) is 23.7 Å². The number of amides is 1. The van der Waals surface area contributed by atoms with Crippen LogP contribution in [0.25, 0.3) is 0 Å². The van der Waals surface area contributed by atoms with Gasteiger partial charge in [-0.2, -0.15) is 0 Å². The Morgan fingerprint density at radius 3 is 2.29 bits per heavy atom. The number of aliphatic hydroxyl groups is 3. The molecule has 7 heteroatoms. The third kappa shape index (κ3) is 3.19. The van der Waals surface area contributed by atoms with Crippen molar-refractivity contribution in [1.82, 2.24) is 5.32 Å². The topological polar surface area (TPSA) is 103 Å². The summed E-state index contributed by atoms with van der Waals surface area (Å²) in [4.78, 5) is 11.7. The molecule has 0 atom stereocenters. The van der Waals surface area contributed by atoms with E-state index < -0.39 is 31.3 Å². The van der Waals surface area contributed by atoms with Gasteiger partial charge >= 0.3 is 0 Å². The van der Waals surface area contributed by atoms with Gasteiger partial charge in [-0.15, -0.1) is 11.6 Å². The van der Waals surface area contributed by atoms with Gasteiger partial charge in [-0.25, -0.2) is 0 Å². The van der Waals surface area contributed by atoms with E-state index in [0.29, 0.717) is 5.76 Å². The van der Waals surface area contributed by atoms with Crippen molar-refractivity contribution in [3.8, 4) is 0 Å². The molecule has 0 aliphatic carbocycles. The molecular weight excluding hydrogens is 250 g/mol. The first-order valence-electron chi connectivity index (χ1n) is 4.90. The molecule has 1 rings (SSSR count). The van der Waals surface area contributed by atoms with Crippen LogP contribution in [-0.4, -0.2) is 46.6 Å². The Morgan fingerprint density at radius 1 is 1.29 bits per heavy atom. The van der Waals surface area contributed by atoms with Crippen LogP contribution in [0.15, 0.2) is 16.5 Å². The van der Waals surface area contributed by atoms with E-state index in [0.717, 1.165) is 0 Å². The van der Waals surface area contributed by atoms with Gasteiger partial charge in [-0.05, 0) is 12.1 Å². The van der Waals surface area contributed by atoms with Gasteiger partial charge in [0.2, 0.25) is 0 Å². The lowest BCUT2D eigenvalue weighted by Crippen LogP contribution is -2.56. The fourth-order valence-corrected chi connectivity index (χ4v) is 1.29. The summed E-state index contributed by atoms with van der Waals surface area (Å²) in [7, 11) is 0. The van der Waals surface area contributed by atoms with Crippen LogP contribution < -0.4 is 5.32 Å². The summed E-state index contributed by atoms with van der Waals surface area (Å²) in [5.74, 6) is -0.0726. The molecule has 0 spiro atoms. The lowest BCUT2D eigenvalue weighted by atomic mass is 10.0. The van der Waals surface area contributed by atoms with Crippen LogP contribution >= 0.6 is 11.6 Å². The molecule has 0 aromatic carbocycles. The Balaban J connectivity index is 2.77. The zero-order valence-corrected chi connectivity index (χ0v) is 9.78. The van der Waals surface area contributed by atoms with Crippen molar-refractivity contribution in [2.45, 2.75) is 11.4 Å². The van der Waals surface area contributed by atoms with Gasteiger partial charge in [-0.1, -0.05) is 0 Å². The zero-order chi connectivity index (χ0) is 12.9. The molecule has 0 saturated carbocycles. The molecule has 1 aromatic rings. The Bertz CT molecular complexity index is 366. The lowest BCUT2D eigenvalue weighted by molar-refractivity contribution is 0.0363. The molecule has 17 heavy (non-hydrogen) atoms. The van der Waals surface area contributed by atoms with Gasteiger partial charge in [-0.3, -0.25) is 4.79 Å². The third-order valence-corrected chi connectivity index (χ3v) is 2.57. The van der Waals surface area contributed by atoms with Gasteiger partial charge in [0.1, 0.15) is 11.3 Å². The van der Waals surface area contributed by atoms with E-state index in [4.69, 9.17) is 31.3 Å². The highest BCUT2D eigenvalue weighted by Gasteiger charge is 2.31. The Morgan fingerprint density at radius 2 is 1.88 bits per heavy atom. The quantitative estimate of drug-likeness (QED) is 0.517. The van der Waals surface area contributed by atoms with Gasteiger partial charge in [0.05, 0.1) is 25.7 Å². The Labute approximate surface area is 103 Å². The lowest BCUT2D eigenvalue weighted by Gasteiger charge is -2.28. The molecular formula is C10H14ClNO5. The van der Waals surface area contributed by atoms with Crippen LogP contribution in [0.1, 0.15) is 16.3 Å². The van der Waals surface area contributed by atoms with Crippen molar-refractivity contribution >= 4 is 17.5 Å². The number of furan rings is 1. The Hall–Kier alpha value is -1.08. The fraction of sp³-hybridized carbons (Fsp3) is 0.500. The molecule has 0 saturated heterocycles. The predicted molar refractivity (Wildman–Crippen MR) is 59.7 cm³/mol. The van der Waals surface area contributed by atoms with Crippen LogP contribution in [0.5, 0.6) is 0 Å². The van der Waals surface area contributed by atoms with Crippen molar-refractivity contribution in [2.24, 2.45) is 0 Å². The zero-order valence-electron chi connectivity index (χ0n) is 9.02. The number of carbonyl (C=O) groups excluding carboxylic acids is 1. The molecule has 0 radical (unpaired) electrons. The number of hydrogen-bond acceptors (Lipinski definition) is 5. The van der Waals surface area contributed by atoms with E-state index in [1.54, 1.807) is 6.07 Å². The van der Waals surface area contributed by atoms with E-state index in [9.17, 15) is 4.79 Å². The summed E-state index contributed by atoms with van der Waals surface area (Å²) in [6.07, 6.45) is 0. The van der Waals surface area contributed by atoms with E-state index in [1.165, 1.54) is 6.07 Å². The van der Waals surface area contributed by atoms with Crippen molar-refractivity contribution in [2.75, 3.05) is 19.8 Å². The molecule has 1 aromatic heterocycles. The minimum atomic E-state index is -1.47. The second-order valence-electron chi connectivity index (χ2n) is 3.61. The summed E-state index contributed by atoms with van der Waals surface area (Å²) in [5.41, 5.74) is -1.47. The fourth-order valence-electron chi connectivity index (χ4n) is 1.14. The number of rotatable bonds is 6. The molecule has 6 nitrogen and oxygen atoms in total. The number of alkyl halides is 1. The van der Waals surface area contributed by atoms with Crippen LogP contribution in [0, 0.1) is 0 Å². The average Bonchev–Trinajstić information content (AvgIpc) is 2.85. The van der Waals surface area contributed by atoms with Crippen LogP contribution in [0.3, 0.4) is 0 Å². The summed E-state index contributed by atoms with van der Waals surface area (Å²) < 4.78 is 5.09. The first-order chi connectivity index (χ1) is 8.10. The Kier molecular flexibility index (Phi) is 4.95. The number of aliphatic hydroxyl groups excluding tert-OH is 3. The average molecular weight is 264 g/mol. The second kappa shape index (κ2) is 6.02. The maximum atomic E-state index is 11.7. The van der Waals surface area contributed by atoms with Gasteiger partial charge in [0.25, 0.3) is 5.91 Å². The number of hydrogen-bond donors (Lipinski definition) is 4. The molecule has 0 unspecified atom stereocenters. The van der Waals surface area contributed by atoms with E-state index >= 15 is 0 Å². The van der Waals surface area contributed by atoms with Gasteiger partial charge < -0.3 is 25.1 Å². The van der Waals surface area contributed by atoms with Crippen molar-refractivity contribution in [3.63, 3.8) is 0 Å². The summed E-state index contributed by atoms with van der Waals surface area (Å²) in [5, 5.41) is 29.4. The van der Waals surface area contributed by atoms with Crippen LogP contribution in [-0.2, 0) is 5.88 Å². The van der Waals surface area contributed by atoms with Gasteiger partial charge in [0.15, 0.2) is 5.76 Å². The first kappa shape index (κ1) is 14.0. The molecule has 4 N–H and O–H groups in total. The highest BCUT2D eigenvalue weighted by atomic mass is 35.5. The molecule has 0 bridgehead atoms. The number of carbonyl (C=O) groups is 1. The van der Waals surface area contributed by atoms with E-state index in [-0.39, 0.29) is 11.6 Å². The number of nitrogens with one attached hydrogen (secondary N) is 1. The molecule has 1 heterocycles. The number of halogens is 1. The second-order valence-corrected chi connectivity index (χ2v) is 3.88. The highest BCUT2D eigenvalue weighted by molar-refractivity contribution is 6.16. The minimum absolute atomic E-state index is 0.000347.